The van der Waals surface area contributed by atoms with E-state index in [0.717, 1.165) is 42.9 Å². The number of methoxy groups -OCH3 is 1. The van der Waals surface area contributed by atoms with E-state index in [1.165, 1.54) is 0 Å². The van der Waals surface area contributed by atoms with Gasteiger partial charge >= 0.3 is 0 Å². The summed E-state index contributed by atoms with van der Waals surface area (Å²) in [4.78, 5) is 0. The van der Waals surface area contributed by atoms with Gasteiger partial charge in [0.15, 0.2) is 0 Å². The summed E-state index contributed by atoms with van der Waals surface area (Å²) in [6.07, 6.45) is 2.78. The Morgan fingerprint density at radius 2 is 1.95 bits per heavy atom. The monoisotopic (exact) mass is 281 g/mol. The summed E-state index contributed by atoms with van der Waals surface area (Å²) in [6, 6.07) is 6.04. The average Bonchev–Trinajstić information content (AvgIpc) is 2.48. The SMILES string of the molecule is CCCOCCOc1cc(OC)ccc1CC(N)CC. The van der Waals surface area contributed by atoms with Crippen molar-refractivity contribution < 1.29 is 14.2 Å². The molecule has 4 nitrogen and oxygen atoms in total. The van der Waals surface area contributed by atoms with Gasteiger partial charge in [0.2, 0.25) is 0 Å². The van der Waals surface area contributed by atoms with Gasteiger partial charge in [-0.15, -0.1) is 0 Å². The van der Waals surface area contributed by atoms with Gasteiger partial charge in [0.1, 0.15) is 18.1 Å². The fourth-order valence-corrected chi connectivity index (χ4v) is 1.85. The molecule has 0 aliphatic heterocycles. The minimum atomic E-state index is 0.155. The second kappa shape index (κ2) is 9.61. The van der Waals surface area contributed by atoms with E-state index in [-0.39, 0.29) is 6.04 Å². The molecule has 1 rings (SSSR count). The molecule has 0 spiro atoms. The molecular weight excluding hydrogens is 254 g/mol. The third-order valence-electron chi connectivity index (χ3n) is 3.11. The molecule has 0 aromatic heterocycles. The largest absolute Gasteiger partial charge is 0.497 e. The molecule has 0 fully saturated rings. The minimum Gasteiger partial charge on any atom is -0.497 e. The molecule has 114 valence electrons. The summed E-state index contributed by atoms with van der Waals surface area (Å²) >= 11 is 0. The fraction of sp³-hybridized carbons (Fsp3) is 0.625. The first-order chi connectivity index (χ1) is 9.71. The van der Waals surface area contributed by atoms with Crippen molar-refractivity contribution in [3.05, 3.63) is 23.8 Å². The zero-order valence-corrected chi connectivity index (χ0v) is 12.9. The maximum atomic E-state index is 6.03. The normalized spacial score (nSPS) is 12.2. The van der Waals surface area contributed by atoms with E-state index in [4.69, 9.17) is 19.9 Å². The van der Waals surface area contributed by atoms with Crippen molar-refractivity contribution in [2.75, 3.05) is 26.9 Å². The van der Waals surface area contributed by atoms with Crippen LogP contribution in [-0.4, -0.2) is 33.0 Å². The summed E-state index contributed by atoms with van der Waals surface area (Å²) in [7, 11) is 1.65. The van der Waals surface area contributed by atoms with Crippen LogP contribution < -0.4 is 15.2 Å². The van der Waals surface area contributed by atoms with Crippen LogP contribution >= 0.6 is 0 Å². The Morgan fingerprint density at radius 1 is 1.15 bits per heavy atom. The molecule has 1 atom stereocenters. The Kier molecular flexibility index (Phi) is 8.07. The zero-order valence-electron chi connectivity index (χ0n) is 12.9. The molecule has 1 unspecified atom stereocenters. The van der Waals surface area contributed by atoms with Crippen molar-refractivity contribution in [2.45, 2.75) is 39.2 Å². The van der Waals surface area contributed by atoms with Crippen molar-refractivity contribution in [2.24, 2.45) is 5.73 Å². The predicted octanol–water partition coefficient (Wildman–Crippen LogP) is 2.78. The lowest BCUT2D eigenvalue weighted by molar-refractivity contribution is 0.100. The maximum absolute atomic E-state index is 6.03. The van der Waals surface area contributed by atoms with Gasteiger partial charge in [-0.25, -0.2) is 0 Å². The Bertz CT molecular complexity index is 382. The molecule has 2 N–H and O–H groups in total. The molecule has 1 aromatic carbocycles. The summed E-state index contributed by atoms with van der Waals surface area (Å²) in [5.41, 5.74) is 7.15. The summed E-state index contributed by atoms with van der Waals surface area (Å²) in [6.45, 7) is 6.10. The topological polar surface area (TPSA) is 53.7 Å². The molecule has 4 heteroatoms. The lowest BCUT2D eigenvalue weighted by atomic mass is 10.0. The maximum Gasteiger partial charge on any atom is 0.126 e. The number of rotatable bonds is 10. The predicted molar refractivity (Wildman–Crippen MR) is 81.6 cm³/mol. The molecule has 0 saturated heterocycles. The highest BCUT2D eigenvalue weighted by molar-refractivity contribution is 5.41. The summed E-state index contributed by atoms with van der Waals surface area (Å²) < 4.78 is 16.5. The van der Waals surface area contributed by atoms with E-state index in [2.05, 4.69) is 13.8 Å². The lowest BCUT2D eigenvalue weighted by Crippen LogP contribution is -2.22. The van der Waals surface area contributed by atoms with Crippen LogP contribution in [0.4, 0.5) is 0 Å². The number of benzene rings is 1. The first-order valence-corrected chi connectivity index (χ1v) is 7.34. The van der Waals surface area contributed by atoms with Crippen LogP contribution in [0, 0.1) is 0 Å². The van der Waals surface area contributed by atoms with Crippen molar-refractivity contribution >= 4 is 0 Å². The molecule has 0 aliphatic carbocycles. The third-order valence-corrected chi connectivity index (χ3v) is 3.11. The van der Waals surface area contributed by atoms with Gasteiger partial charge in [-0.05, 0) is 30.9 Å². The van der Waals surface area contributed by atoms with Crippen LogP contribution in [0.1, 0.15) is 32.3 Å². The lowest BCUT2D eigenvalue weighted by Gasteiger charge is -2.15. The number of ether oxygens (including phenoxy) is 3. The van der Waals surface area contributed by atoms with Gasteiger partial charge in [-0.3, -0.25) is 0 Å². The van der Waals surface area contributed by atoms with E-state index in [0.29, 0.717) is 13.2 Å². The van der Waals surface area contributed by atoms with Gasteiger partial charge in [0, 0.05) is 18.7 Å². The quantitative estimate of drug-likeness (QED) is 0.670. The molecule has 0 radical (unpaired) electrons. The Balaban J connectivity index is 2.63. The standard InChI is InChI=1S/C16H27NO3/c1-4-8-19-9-10-20-16-12-15(18-3)7-6-13(16)11-14(17)5-2/h6-7,12,14H,4-5,8-11,17H2,1-3H3. The fourth-order valence-electron chi connectivity index (χ4n) is 1.85. The Labute approximate surface area is 122 Å². The van der Waals surface area contributed by atoms with Crippen molar-refractivity contribution in [3.63, 3.8) is 0 Å². The third kappa shape index (κ3) is 5.80. The van der Waals surface area contributed by atoms with Crippen LogP contribution in [0.2, 0.25) is 0 Å². The molecule has 0 amide bonds. The molecule has 20 heavy (non-hydrogen) atoms. The highest BCUT2D eigenvalue weighted by Gasteiger charge is 2.09. The van der Waals surface area contributed by atoms with Crippen LogP contribution in [0.25, 0.3) is 0 Å². The number of nitrogens with two attached hydrogens (primary N) is 1. The van der Waals surface area contributed by atoms with Crippen LogP contribution in [0.5, 0.6) is 11.5 Å². The van der Waals surface area contributed by atoms with Crippen LogP contribution in [-0.2, 0) is 11.2 Å². The Morgan fingerprint density at radius 3 is 2.60 bits per heavy atom. The highest BCUT2D eigenvalue weighted by Crippen LogP contribution is 2.26. The van der Waals surface area contributed by atoms with Crippen molar-refractivity contribution in [1.29, 1.82) is 0 Å². The second-order valence-electron chi connectivity index (χ2n) is 4.81. The highest BCUT2D eigenvalue weighted by atomic mass is 16.5. The van der Waals surface area contributed by atoms with E-state index in [1.54, 1.807) is 7.11 Å². The van der Waals surface area contributed by atoms with E-state index >= 15 is 0 Å². The molecule has 0 bridgehead atoms. The smallest absolute Gasteiger partial charge is 0.126 e. The van der Waals surface area contributed by atoms with Gasteiger partial charge in [-0.1, -0.05) is 19.9 Å². The first-order valence-electron chi connectivity index (χ1n) is 7.34. The average molecular weight is 281 g/mol. The second-order valence-corrected chi connectivity index (χ2v) is 4.81. The number of hydrogen-bond acceptors (Lipinski definition) is 4. The molecular formula is C16H27NO3. The van der Waals surface area contributed by atoms with Gasteiger partial charge in [0.25, 0.3) is 0 Å². The van der Waals surface area contributed by atoms with E-state index in [1.807, 2.05) is 18.2 Å². The minimum absolute atomic E-state index is 0.155. The summed E-state index contributed by atoms with van der Waals surface area (Å²) in [5, 5.41) is 0. The number of hydrogen-bond donors (Lipinski definition) is 1. The molecule has 1 aromatic rings. The van der Waals surface area contributed by atoms with Gasteiger partial charge in [0.05, 0.1) is 13.7 Å². The molecule has 0 heterocycles. The molecule has 0 aliphatic rings. The Hall–Kier alpha value is -1.26. The van der Waals surface area contributed by atoms with Crippen molar-refractivity contribution in [3.8, 4) is 11.5 Å². The van der Waals surface area contributed by atoms with E-state index < -0.39 is 0 Å². The molecule has 0 saturated carbocycles. The van der Waals surface area contributed by atoms with Gasteiger partial charge < -0.3 is 19.9 Å². The van der Waals surface area contributed by atoms with Crippen LogP contribution in [0.3, 0.4) is 0 Å². The first kappa shape index (κ1) is 16.8. The summed E-state index contributed by atoms with van der Waals surface area (Å²) in [5.74, 6) is 1.64. The zero-order chi connectivity index (χ0) is 14.8. The van der Waals surface area contributed by atoms with E-state index in [9.17, 15) is 0 Å². The van der Waals surface area contributed by atoms with Gasteiger partial charge in [-0.2, -0.15) is 0 Å². The van der Waals surface area contributed by atoms with Crippen molar-refractivity contribution in [1.82, 2.24) is 0 Å². The van der Waals surface area contributed by atoms with Crippen LogP contribution in [0.15, 0.2) is 18.2 Å².